The molecule has 0 bridgehead atoms. The van der Waals surface area contributed by atoms with Gasteiger partial charge in [0.2, 0.25) is 0 Å². The molecule has 5 heteroatoms. The molecule has 0 radical (unpaired) electrons. The third kappa shape index (κ3) is 2.43. The molecule has 2 aromatic carbocycles. The molecule has 0 saturated heterocycles. The van der Waals surface area contributed by atoms with Gasteiger partial charge in [-0.3, -0.25) is 0 Å². The van der Waals surface area contributed by atoms with E-state index in [1.54, 1.807) is 0 Å². The van der Waals surface area contributed by atoms with Crippen LogP contribution in [-0.2, 0) is 6.54 Å². The fraction of sp³-hybridized carbons (Fsp3) is 0.278. The quantitative estimate of drug-likeness (QED) is 0.808. The summed E-state index contributed by atoms with van der Waals surface area (Å²) in [6.07, 6.45) is 0. The van der Waals surface area contributed by atoms with E-state index >= 15 is 0 Å². The third-order valence-corrected chi connectivity index (χ3v) is 4.01. The first kappa shape index (κ1) is 14.1. The molecule has 5 nitrogen and oxygen atoms in total. The van der Waals surface area contributed by atoms with Crippen molar-refractivity contribution in [3.05, 3.63) is 42.0 Å². The lowest BCUT2D eigenvalue weighted by Gasteiger charge is -2.18. The smallest absolute Gasteiger partial charge is 0.163 e. The van der Waals surface area contributed by atoms with Gasteiger partial charge < -0.3 is 19.1 Å². The van der Waals surface area contributed by atoms with Gasteiger partial charge in [0.15, 0.2) is 11.5 Å². The maximum atomic E-state index is 9.46. The van der Waals surface area contributed by atoms with Crippen LogP contribution in [0.5, 0.6) is 11.5 Å². The molecular weight excluding hydrogens is 292 g/mol. The third-order valence-electron chi connectivity index (χ3n) is 4.01. The number of hydrogen-bond donors (Lipinski definition) is 1. The van der Waals surface area contributed by atoms with Gasteiger partial charge in [-0.25, -0.2) is 4.98 Å². The Kier molecular flexibility index (Phi) is 3.42. The number of aryl methyl sites for hydroxylation is 1. The van der Waals surface area contributed by atoms with Crippen molar-refractivity contribution in [1.29, 1.82) is 0 Å². The molecule has 23 heavy (non-hydrogen) atoms. The van der Waals surface area contributed by atoms with Crippen molar-refractivity contribution in [2.75, 3.05) is 19.8 Å². The highest BCUT2D eigenvalue weighted by Crippen LogP contribution is 2.36. The average Bonchev–Trinajstić information content (AvgIpc) is 2.91. The number of hydrogen-bond acceptors (Lipinski definition) is 4. The first-order valence-electron chi connectivity index (χ1n) is 7.74. The first-order chi connectivity index (χ1) is 11.3. The fourth-order valence-corrected chi connectivity index (χ4v) is 2.99. The van der Waals surface area contributed by atoms with E-state index in [2.05, 4.69) is 19.1 Å². The van der Waals surface area contributed by atoms with Crippen molar-refractivity contribution in [2.24, 2.45) is 0 Å². The van der Waals surface area contributed by atoms with Crippen LogP contribution in [0, 0.1) is 6.92 Å². The minimum atomic E-state index is 0.0543. The van der Waals surface area contributed by atoms with Gasteiger partial charge in [-0.15, -0.1) is 0 Å². The van der Waals surface area contributed by atoms with Gasteiger partial charge in [0, 0.05) is 24.2 Å². The van der Waals surface area contributed by atoms with Crippen molar-refractivity contribution < 1.29 is 14.6 Å². The van der Waals surface area contributed by atoms with E-state index in [1.807, 2.05) is 28.8 Å². The van der Waals surface area contributed by atoms with Crippen LogP contribution in [0.2, 0.25) is 0 Å². The number of ether oxygens (including phenoxy) is 2. The van der Waals surface area contributed by atoms with Crippen LogP contribution in [0.1, 0.15) is 5.56 Å². The minimum Gasteiger partial charge on any atom is -0.486 e. The van der Waals surface area contributed by atoms with Crippen LogP contribution in [0.3, 0.4) is 0 Å². The standard InChI is InChI=1S/C18H18N2O3/c1-12-3-2-4-13(9-12)18-19-14-10-16-17(23-8-7-22-16)11-15(14)20(18)5-6-21/h2-4,9-11,21H,5-8H2,1H3. The molecule has 1 aliphatic rings. The lowest BCUT2D eigenvalue weighted by atomic mass is 10.1. The molecule has 0 amide bonds. The first-order valence-corrected chi connectivity index (χ1v) is 7.74. The molecule has 0 spiro atoms. The van der Waals surface area contributed by atoms with Gasteiger partial charge in [0.05, 0.1) is 17.6 Å². The van der Waals surface area contributed by atoms with E-state index in [-0.39, 0.29) is 6.61 Å². The highest BCUT2D eigenvalue weighted by Gasteiger charge is 2.18. The highest BCUT2D eigenvalue weighted by atomic mass is 16.6. The van der Waals surface area contributed by atoms with Crippen LogP contribution in [0.15, 0.2) is 36.4 Å². The number of aliphatic hydroxyl groups excluding tert-OH is 1. The summed E-state index contributed by atoms with van der Waals surface area (Å²) in [6.45, 7) is 3.71. The normalized spacial score (nSPS) is 13.5. The lowest BCUT2D eigenvalue weighted by Crippen LogP contribution is -2.15. The molecule has 1 aliphatic heterocycles. The summed E-state index contributed by atoms with van der Waals surface area (Å²) >= 11 is 0. The van der Waals surface area contributed by atoms with E-state index in [0.29, 0.717) is 19.8 Å². The molecule has 0 fully saturated rings. The molecule has 0 saturated carbocycles. The largest absolute Gasteiger partial charge is 0.486 e. The molecule has 2 heterocycles. The number of imidazole rings is 1. The fourth-order valence-electron chi connectivity index (χ4n) is 2.99. The van der Waals surface area contributed by atoms with Gasteiger partial charge in [0.25, 0.3) is 0 Å². The second-order valence-electron chi connectivity index (χ2n) is 5.66. The van der Waals surface area contributed by atoms with Gasteiger partial charge in [0.1, 0.15) is 19.0 Å². The topological polar surface area (TPSA) is 56.5 Å². The van der Waals surface area contributed by atoms with Crippen LogP contribution in [-0.4, -0.2) is 34.5 Å². The van der Waals surface area contributed by atoms with Crippen molar-refractivity contribution in [2.45, 2.75) is 13.5 Å². The van der Waals surface area contributed by atoms with E-state index in [9.17, 15) is 5.11 Å². The Morgan fingerprint density at radius 2 is 1.91 bits per heavy atom. The van der Waals surface area contributed by atoms with Gasteiger partial charge in [-0.2, -0.15) is 0 Å². The number of aliphatic hydroxyl groups is 1. The van der Waals surface area contributed by atoms with E-state index in [4.69, 9.17) is 14.5 Å². The summed E-state index contributed by atoms with van der Waals surface area (Å²) < 4.78 is 13.3. The Balaban J connectivity index is 1.94. The predicted molar refractivity (Wildman–Crippen MR) is 88.0 cm³/mol. The van der Waals surface area contributed by atoms with Gasteiger partial charge in [-0.1, -0.05) is 23.8 Å². The summed E-state index contributed by atoms with van der Waals surface area (Å²) in [7, 11) is 0. The van der Waals surface area contributed by atoms with E-state index < -0.39 is 0 Å². The summed E-state index contributed by atoms with van der Waals surface area (Å²) in [4.78, 5) is 4.77. The SMILES string of the molecule is Cc1cccc(-c2nc3cc4c(cc3n2CCO)OCCO4)c1. The molecule has 118 valence electrons. The highest BCUT2D eigenvalue weighted by molar-refractivity contribution is 5.84. The molecule has 0 aliphatic carbocycles. The molecule has 4 rings (SSSR count). The number of aromatic nitrogens is 2. The number of rotatable bonds is 3. The second kappa shape index (κ2) is 5.59. The summed E-state index contributed by atoms with van der Waals surface area (Å²) in [5, 5.41) is 9.46. The zero-order valence-corrected chi connectivity index (χ0v) is 13.0. The molecular formula is C18H18N2O3. The summed E-state index contributed by atoms with van der Waals surface area (Å²) in [6, 6.07) is 12.1. The Morgan fingerprint density at radius 1 is 1.13 bits per heavy atom. The molecule has 0 unspecified atom stereocenters. The molecule has 3 aromatic rings. The molecule has 0 atom stereocenters. The average molecular weight is 310 g/mol. The lowest BCUT2D eigenvalue weighted by molar-refractivity contribution is 0.172. The second-order valence-corrected chi connectivity index (χ2v) is 5.66. The molecule has 1 aromatic heterocycles. The zero-order valence-electron chi connectivity index (χ0n) is 13.0. The number of benzene rings is 2. The van der Waals surface area contributed by atoms with Crippen LogP contribution in [0.25, 0.3) is 22.4 Å². The van der Waals surface area contributed by atoms with E-state index in [0.717, 1.165) is 33.9 Å². The maximum Gasteiger partial charge on any atom is 0.163 e. The van der Waals surface area contributed by atoms with Crippen molar-refractivity contribution in [3.8, 4) is 22.9 Å². The van der Waals surface area contributed by atoms with Crippen LogP contribution < -0.4 is 9.47 Å². The van der Waals surface area contributed by atoms with Crippen LogP contribution >= 0.6 is 0 Å². The van der Waals surface area contributed by atoms with Gasteiger partial charge >= 0.3 is 0 Å². The summed E-state index contributed by atoms with van der Waals surface area (Å²) in [5.41, 5.74) is 4.00. The Bertz CT molecular complexity index is 870. The molecule has 1 N–H and O–H groups in total. The van der Waals surface area contributed by atoms with Crippen LogP contribution in [0.4, 0.5) is 0 Å². The Morgan fingerprint density at radius 3 is 2.65 bits per heavy atom. The van der Waals surface area contributed by atoms with E-state index in [1.165, 1.54) is 5.56 Å². The Labute approximate surface area is 134 Å². The number of nitrogens with zero attached hydrogens (tertiary/aromatic N) is 2. The number of fused-ring (bicyclic) bond motifs is 2. The minimum absolute atomic E-state index is 0.0543. The maximum absolute atomic E-state index is 9.46. The van der Waals surface area contributed by atoms with Crippen molar-refractivity contribution in [1.82, 2.24) is 9.55 Å². The van der Waals surface area contributed by atoms with Crippen molar-refractivity contribution >= 4 is 11.0 Å². The Hall–Kier alpha value is -2.53. The monoisotopic (exact) mass is 310 g/mol. The van der Waals surface area contributed by atoms with Crippen molar-refractivity contribution in [3.63, 3.8) is 0 Å². The zero-order chi connectivity index (χ0) is 15.8. The summed E-state index contributed by atoms with van der Waals surface area (Å²) in [5.74, 6) is 2.31. The predicted octanol–water partition coefficient (Wildman–Crippen LogP) is 2.78. The van der Waals surface area contributed by atoms with Gasteiger partial charge in [-0.05, 0) is 13.0 Å².